The van der Waals surface area contributed by atoms with Gasteiger partial charge in [0.25, 0.3) is 5.69 Å². The number of nitro groups is 1. The molecule has 56 heavy (non-hydrogen) atoms. The van der Waals surface area contributed by atoms with Crippen LogP contribution in [-0.2, 0) is 14.3 Å². The van der Waals surface area contributed by atoms with Crippen LogP contribution in [0.5, 0.6) is 17.2 Å². The van der Waals surface area contributed by atoms with Crippen molar-refractivity contribution in [2.24, 2.45) is 22.9 Å². The standard InChI is InChI=1S/C43H57N3O10/c1-5-9-25-52-42(49)45(21-6-2)39-29-37(44-54-8-4)35-26-30(15-10-12-22-47)34(18-11-13-23-48)40-36-28-33(55-32-17-14-16-31(27-32)46(50)51)19-20-38(36)56-43(39,41(35)40)53-24-7-3/h5,7,14,16-17,19-20,26-28,30,34,39-41,47-48H,1,3,6,8-13,15,18,21-25,29H2,2,4H3. The molecule has 0 aromatic heterocycles. The minimum absolute atomic E-state index is 0.0164. The van der Waals surface area contributed by atoms with Crippen LogP contribution in [0.25, 0.3) is 0 Å². The van der Waals surface area contributed by atoms with Crippen molar-refractivity contribution in [3.8, 4) is 17.2 Å². The molecule has 13 nitrogen and oxygen atoms in total. The molecule has 2 aromatic rings. The van der Waals surface area contributed by atoms with Gasteiger partial charge in [0.1, 0.15) is 29.9 Å². The summed E-state index contributed by atoms with van der Waals surface area (Å²) in [6, 6.07) is 10.9. The lowest BCUT2D eigenvalue weighted by atomic mass is 9.55. The zero-order valence-electron chi connectivity index (χ0n) is 32.7. The fourth-order valence-corrected chi connectivity index (χ4v) is 8.58. The third kappa shape index (κ3) is 9.45. The number of aliphatic hydroxyl groups excluding tert-OH is 2. The van der Waals surface area contributed by atoms with Gasteiger partial charge in [-0.2, -0.15) is 0 Å². The largest absolute Gasteiger partial charge is 0.459 e. The Hall–Kier alpha value is -4.72. The molecule has 2 aromatic carbocycles. The molecule has 1 fully saturated rings. The number of hydrogen-bond acceptors (Lipinski definition) is 11. The Morgan fingerprint density at radius 2 is 1.84 bits per heavy atom. The summed E-state index contributed by atoms with van der Waals surface area (Å²) in [5.41, 5.74) is 2.40. The van der Waals surface area contributed by atoms with Gasteiger partial charge in [-0.05, 0) is 87.1 Å². The molecule has 304 valence electrons. The quantitative estimate of drug-likeness (QED) is 0.0514. The van der Waals surface area contributed by atoms with Crippen LogP contribution in [-0.4, -0.2) is 83.2 Å². The molecule has 5 rings (SSSR count). The molecule has 0 saturated heterocycles. The van der Waals surface area contributed by atoms with Crippen LogP contribution in [0.1, 0.15) is 83.1 Å². The number of allylic oxidation sites excluding steroid dienone is 1. The van der Waals surface area contributed by atoms with Crippen molar-refractivity contribution in [3.63, 3.8) is 0 Å². The van der Waals surface area contributed by atoms with E-state index in [9.17, 15) is 25.1 Å². The zero-order valence-corrected chi connectivity index (χ0v) is 32.7. The van der Waals surface area contributed by atoms with Crippen molar-refractivity contribution < 1.29 is 43.7 Å². The number of carbonyl (C=O) groups excluding carboxylic acids is 1. The Bertz CT molecular complexity index is 1730. The lowest BCUT2D eigenvalue weighted by Gasteiger charge is -2.59. The maximum Gasteiger partial charge on any atom is 0.410 e. The van der Waals surface area contributed by atoms with E-state index in [2.05, 4.69) is 19.2 Å². The maximum absolute atomic E-state index is 14.1. The topological polar surface area (TPSA) is 162 Å². The van der Waals surface area contributed by atoms with Gasteiger partial charge in [0, 0.05) is 43.7 Å². The van der Waals surface area contributed by atoms with E-state index in [4.69, 9.17) is 28.9 Å². The summed E-state index contributed by atoms with van der Waals surface area (Å²) in [4.78, 5) is 32.7. The zero-order chi connectivity index (χ0) is 40.1. The second-order valence-electron chi connectivity index (χ2n) is 14.4. The molecule has 1 saturated carbocycles. The van der Waals surface area contributed by atoms with Crippen molar-refractivity contribution >= 4 is 17.5 Å². The predicted octanol–water partition coefficient (Wildman–Crippen LogP) is 8.47. The number of amides is 1. The Morgan fingerprint density at radius 3 is 2.54 bits per heavy atom. The average molecular weight is 776 g/mol. The molecule has 0 spiro atoms. The molecule has 1 aliphatic heterocycles. The number of unbranched alkanes of at least 4 members (excludes halogenated alkanes) is 2. The van der Waals surface area contributed by atoms with Crippen molar-refractivity contribution in [3.05, 3.63) is 95.1 Å². The van der Waals surface area contributed by atoms with Crippen LogP contribution in [0, 0.1) is 27.9 Å². The van der Waals surface area contributed by atoms with E-state index in [1.807, 2.05) is 26.0 Å². The van der Waals surface area contributed by atoms with Gasteiger partial charge < -0.3 is 34.0 Å². The number of nitro benzene ring substituents is 1. The lowest BCUT2D eigenvalue weighted by molar-refractivity contribution is -0.384. The first-order valence-electron chi connectivity index (χ1n) is 19.9. The second-order valence-corrected chi connectivity index (χ2v) is 14.4. The number of aliphatic hydroxyl groups is 2. The van der Waals surface area contributed by atoms with Gasteiger partial charge in [0.2, 0.25) is 5.79 Å². The molecule has 1 heterocycles. The lowest BCUT2D eigenvalue weighted by Crippen LogP contribution is -2.70. The summed E-state index contributed by atoms with van der Waals surface area (Å²) in [5, 5.41) is 35.9. The number of oxime groups is 1. The fraction of sp³-hybridized carbons (Fsp3) is 0.535. The summed E-state index contributed by atoms with van der Waals surface area (Å²) in [6.07, 6.45) is 11.0. The molecular weight excluding hydrogens is 718 g/mol. The number of hydrogen-bond donors (Lipinski definition) is 2. The monoisotopic (exact) mass is 775 g/mol. The van der Waals surface area contributed by atoms with Crippen molar-refractivity contribution in [1.82, 2.24) is 4.90 Å². The number of fused-ring (bicyclic) bond motifs is 2. The van der Waals surface area contributed by atoms with Crippen molar-refractivity contribution in [2.45, 2.75) is 89.4 Å². The Kier molecular flexibility index (Phi) is 15.5. The second kappa shape index (κ2) is 20.4. The third-order valence-electron chi connectivity index (χ3n) is 10.8. The highest BCUT2D eigenvalue weighted by atomic mass is 16.7. The van der Waals surface area contributed by atoms with Crippen LogP contribution < -0.4 is 9.47 Å². The first-order chi connectivity index (χ1) is 27.3. The van der Waals surface area contributed by atoms with E-state index in [0.717, 1.165) is 36.8 Å². The van der Waals surface area contributed by atoms with Crippen LogP contribution in [0.2, 0.25) is 0 Å². The average Bonchev–Trinajstić information content (AvgIpc) is 3.20. The number of benzene rings is 2. The molecule has 3 aliphatic rings. The van der Waals surface area contributed by atoms with E-state index in [-0.39, 0.29) is 56.3 Å². The van der Waals surface area contributed by atoms with Crippen LogP contribution >= 0.6 is 0 Å². The Morgan fingerprint density at radius 1 is 1.07 bits per heavy atom. The van der Waals surface area contributed by atoms with Crippen molar-refractivity contribution in [1.29, 1.82) is 0 Å². The van der Waals surface area contributed by atoms with Crippen LogP contribution in [0.4, 0.5) is 10.5 Å². The van der Waals surface area contributed by atoms with Gasteiger partial charge in [-0.25, -0.2) is 4.79 Å². The summed E-state index contributed by atoms with van der Waals surface area (Å²) in [7, 11) is 0. The molecule has 0 radical (unpaired) electrons. The van der Waals surface area contributed by atoms with Crippen LogP contribution in [0.15, 0.2) is 84.6 Å². The fourth-order valence-electron chi connectivity index (χ4n) is 8.58. The molecular formula is C43H57N3O10. The highest BCUT2D eigenvalue weighted by Crippen LogP contribution is 2.62. The molecule has 2 N–H and O–H groups in total. The number of nitrogens with zero attached hydrogens (tertiary/aromatic N) is 3. The minimum Gasteiger partial charge on any atom is -0.459 e. The van der Waals surface area contributed by atoms with Crippen molar-refractivity contribution in [2.75, 3.05) is 39.6 Å². The first-order valence-corrected chi connectivity index (χ1v) is 19.9. The van der Waals surface area contributed by atoms with Gasteiger partial charge >= 0.3 is 6.09 Å². The number of non-ortho nitro benzene ring substituents is 1. The van der Waals surface area contributed by atoms with E-state index < -0.39 is 28.8 Å². The summed E-state index contributed by atoms with van der Waals surface area (Å²) in [6.45, 7) is 12.8. The molecule has 13 heteroatoms. The summed E-state index contributed by atoms with van der Waals surface area (Å²) >= 11 is 0. The molecule has 0 bridgehead atoms. The van der Waals surface area contributed by atoms with E-state index in [0.29, 0.717) is 61.8 Å². The Balaban J connectivity index is 1.76. The predicted molar refractivity (Wildman–Crippen MR) is 213 cm³/mol. The highest BCUT2D eigenvalue weighted by Gasteiger charge is 2.65. The van der Waals surface area contributed by atoms with E-state index in [1.165, 1.54) is 12.1 Å². The van der Waals surface area contributed by atoms with Gasteiger partial charge in [-0.3, -0.25) is 15.0 Å². The van der Waals surface area contributed by atoms with Gasteiger partial charge in [0.15, 0.2) is 0 Å². The highest BCUT2D eigenvalue weighted by molar-refractivity contribution is 6.03. The smallest absolute Gasteiger partial charge is 0.410 e. The maximum atomic E-state index is 14.1. The molecule has 6 atom stereocenters. The Labute approximate surface area is 329 Å². The summed E-state index contributed by atoms with van der Waals surface area (Å²) < 4.78 is 26.2. The SMILES string of the molecule is C=CCCOC(=O)N(CCC)C1CC(=NOCC)C2=CC(CCCCO)C(CCCCO)C3c4cc(Oc5cccc([N+](=O)[O-])c5)ccc4OC1(OCC=C)C23. The van der Waals surface area contributed by atoms with E-state index >= 15 is 0 Å². The molecule has 1 amide bonds. The number of rotatable bonds is 22. The van der Waals surface area contributed by atoms with Gasteiger partial charge in [0.05, 0.1) is 35.8 Å². The number of ether oxygens (including phenoxy) is 4. The third-order valence-corrected chi connectivity index (χ3v) is 10.8. The normalized spacial score (nSPS) is 24.2. The number of carbonyl (C=O) groups is 1. The molecule has 6 unspecified atom stereocenters. The first kappa shape index (κ1) is 42.4. The van der Waals surface area contributed by atoms with Gasteiger partial charge in [-0.15, -0.1) is 13.2 Å². The minimum atomic E-state index is -1.41. The van der Waals surface area contributed by atoms with Gasteiger partial charge in [-0.1, -0.05) is 49.2 Å². The van der Waals surface area contributed by atoms with E-state index in [1.54, 1.807) is 35.3 Å². The summed E-state index contributed by atoms with van der Waals surface area (Å²) in [5.74, 6) is -0.732. The molecule has 2 aliphatic carbocycles. The van der Waals surface area contributed by atoms with Crippen LogP contribution in [0.3, 0.4) is 0 Å².